The Morgan fingerprint density at radius 3 is 2.75 bits per heavy atom. The highest BCUT2D eigenvalue weighted by molar-refractivity contribution is 5.85. The van der Waals surface area contributed by atoms with Crippen LogP contribution in [0.15, 0.2) is 24.3 Å². The number of amides is 1. The van der Waals surface area contributed by atoms with Crippen molar-refractivity contribution in [3.63, 3.8) is 0 Å². The number of benzene rings is 1. The summed E-state index contributed by atoms with van der Waals surface area (Å²) in [4.78, 5) is 11.7. The van der Waals surface area contributed by atoms with Gasteiger partial charge in [0.15, 0.2) is 0 Å². The summed E-state index contributed by atoms with van der Waals surface area (Å²) in [7, 11) is 1.65. The molecule has 1 unspecified atom stereocenters. The van der Waals surface area contributed by atoms with Crippen molar-refractivity contribution in [2.75, 3.05) is 26.7 Å². The van der Waals surface area contributed by atoms with Crippen molar-refractivity contribution >= 4 is 18.3 Å². The quantitative estimate of drug-likeness (QED) is 0.842. The molecular weight excluding hydrogens is 276 g/mol. The van der Waals surface area contributed by atoms with Crippen molar-refractivity contribution in [2.24, 2.45) is 5.92 Å². The second kappa shape index (κ2) is 8.82. The van der Waals surface area contributed by atoms with Crippen LogP contribution in [0.1, 0.15) is 18.4 Å². The van der Waals surface area contributed by atoms with Gasteiger partial charge in [0, 0.05) is 13.0 Å². The summed E-state index contributed by atoms with van der Waals surface area (Å²) in [6.07, 6.45) is 2.49. The van der Waals surface area contributed by atoms with Gasteiger partial charge < -0.3 is 15.4 Å². The molecule has 1 fully saturated rings. The lowest BCUT2D eigenvalue weighted by Gasteiger charge is -2.10. The van der Waals surface area contributed by atoms with Crippen LogP contribution < -0.4 is 15.4 Å². The van der Waals surface area contributed by atoms with Crippen molar-refractivity contribution in [3.05, 3.63) is 29.8 Å². The molecule has 1 heterocycles. The second-order valence-corrected chi connectivity index (χ2v) is 5.01. The number of nitrogens with one attached hydrogen (secondary N) is 2. The highest BCUT2D eigenvalue weighted by atomic mass is 35.5. The van der Waals surface area contributed by atoms with Crippen molar-refractivity contribution < 1.29 is 9.53 Å². The van der Waals surface area contributed by atoms with Crippen LogP contribution in [-0.2, 0) is 11.2 Å². The molecule has 1 saturated heterocycles. The molecule has 1 aliphatic rings. The van der Waals surface area contributed by atoms with Gasteiger partial charge in [0.25, 0.3) is 0 Å². The van der Waals surface area contributed by atoms with Gasteiger partial charge in [-0.1, -0.05) is 12.1 Å². The third-order valence-electron chi connectivity index (χ3n) is 3.55. The molecule has 5 heteroatoms. The SMILES string of the molecule is COc1ccc(CCC(=O)NCC2CCNC2)cc1.Cl. The number of halogens is 1. The summed E-state index contributed by atoms with van der Waals surface area (Å²) in [5.74, 6) is 1.59. The van der Waals surface area contributed by atoms with E-state index in [1.54, 1.807) is 7.11 Å². The summed E-state index contributed by atoms with van der Waals surface area (Å²) >= 11 is 0. The van der Waals surface area contributed by atoms with E-state index >= 15 is 0 Å². The minimum absolute atomic E-state index is 0. The first-order valence-corrected chi connectivity index (χ1v) is 6.88. The summed E-state index contributed by atoms with van der Waals surface area (Å²) in [6.45, 7) is 2.90. The highest BCUT2D eigenvalue weighted by Crippen LogP contribution is 2.12. The molecule has 1 aliphatic heterocycles. The number of rotatable bonds is 6. The normalized spacial score (nSPS) is 17.4. The van der Waals surface area contributed by atoms with Gasteiger partial charge in [-0.15, -0.1) is 12.4 Å². The molecule has 0 spiro atoms. The molecule has 0 bridgehead atoms. The molecule has 20 heavy (non-hydrogen) atoms. The molecule has 4 nitrogen and oxygen atoms in total. The maximum atomic E-state index is 11.7. The van der Waals surface area contributed by atoms with Crippen LogP contribution in [0.3, 0.4) is 0 Å². The Bertz CT molecular complexity index is 403. The molecule has 0 aromatic heterocycles. The third-order valence-corrected chi connectivity index (χ3v) is 3.55. The molecule has 0 radical (unpaired) electrons. The third kappa shape index (κ3) is 5.39. The first kappa shape index (κ1) is 16.8. The number of methoxy groups -OCH3 is 1. The molecule has 1 amide bonds. The first-order valence-electron chi connectivity index (χ1n) is 6.88. The molecule has 0 aliphatic carbocycles. The monoisotopic (exact) mass is 298 g/mol. The number of hydrogen-bond acceptors (Lipinski definition) is 3. The second-order valence-electron chi connectivity index (χ2n) is 5.01. The van der Waals surface area contributed by atoms with Crippen LogP contribution in [0.25, 0.3) is 0 Å². The lowest BCUT2D eigenvalue weighted by atomic mass is 10.1. The fourth-order valence-electron chi connectivity index (χ4n) is 2.29. The molecule has 2 rings (SSSR count). The van der Waals surface area contributed by atoms with Crippen LogP contribution in [0.5, 0.6) is 5.75 Å². The fraction of sp³-hybridized carbons (Fsp3) is 0.533. The largest absolute Gasteiger partial charge is 0.497 e. The topological polar surface area (TPSA) is 50.4 Å². The predicted octanol–water partition coefficient (Wildman–Crippen LogP) is 1.78. The zero-order chi connectivity index (χ0) is 13.5. The maximum Gasteiger partial charge on any atom is 0.220 e. The van der Waals surface area contributed by atoms with E-state index in [2.05, 4.69) is 10.6 Å². The predicted molar refractivity (Wildman–Crippen MR) is 82.5 cm³/mol. The van der Waals surface area contributed by atoms with Crippen molar-refractivity contribution in [1.29, 1.82) is 0 Å². The molecule has 112 valence electrons. The Balaban J connectivity index is 0.00000200. The van der Waals surface area contributed by atoms with E-state index in [0.29, 0.717) is 12.3 Å². The lowest BCUT2D eigenvalue weighted by Crippen LogP contribution is -2.30. The average Bonchev–Trinajstić information content (AvgIpc) is 2.96. The Morgan fingerprint density at radius 2 is 2.15 bits per heavy atom. The van der Waals surface area contributed by atoms with E-state index in [-0.39, 0.29) is 18.3 Å². The van der Waals surface area contributed by atoms with E-state index in [9.17, 15) is 4.79 Å². The standard InChI is InChI=1S/C15H22N2O2.ClH/c1-19-14-5-2-12(3-6-14)4-7-15(18)17-11-13-8-9-16-10-13;/h2-3,5-6,13,16H,4,7-11H2,1H3,(H,17,18);1H. The summed E-state index contributed by atoms with van der Waals surface area (Å²) in [6, 6.07) is 7.87. The van der Waals surface area contributed by atoms with Crippen LogP contribution >= 0.6 is 12.4 Å². The number of ether oxygens (including phenoxy) is 1. The Labute approximate surface area is 126 Å². The molecule has 1 atom stereocenters. The fourth-order valence-corrected chi connectivity index (χ4v) is 2.29. The van der Waals surface area contributed by atoms with Crippen molar-refractivity contribution in [3.8, 4) is 5.75 Å². The van der Waals surface area contributed by atoms with Gasteiger partial charge in [-0.3, -0.25) is 4.79 Å². The van der Waals surface area contributed by atoms with Crippen LogP contribution in [0, 0.1) is 5.92 Å². The molecule has 0 saturated carbocycles. The summed E-state index contributed by atoms with van der Waals surface area (Å²) in [5, 5.41) is 6.32. The average molecular weight is 299 g/mol. The van der Waals surface area contributed by atoms with Gasteiger partial charge in [-0.05, 0) is 49.5 Å². The lowest BCUT2D eigenvalue weighted by molar-refractivity contribution is -0.121. The van der Waals surface area contributed by atoms with E-state index in [1.165, 1.54) is 12.0 Å². The number of aryl methyl sites for hydroxylation is 1. The maximum absolute atomic E-state index is 11.7. The molecule has 1 aromatic carbocycles. The van der Waals surface area contributed by atoms with E-state index in [0.717, 1.165) is 31.8 Å². The Kier molecular flexibility index (Phi) is 7.41. The van der Waals surface area contributed by atoms with Gasteiger partial charge in [0.05, 0.1) is 7.11 Å². The minimum atomic E-state index is 0. The van der Waals surface area contributed by atoms with Crippen molar-refractivity contribution in [1.82, 2.24) is 10.6 Å². The van der Waals surface area contributed by atoms with Gasteiger partial charge in [-0.25, -0.2) is 0 Å². The van der Waals surface area contributed by atoms with Crippen LogP contribution in [0.4, 0.5) is 0 Å². The van der Waals surface area contributed by atoms with Gasteiger partial charge in [-0.2, -0.15) is 0 Å². The number of hydrogen-bond donors (Lipinski definition) is 2. The highest BCUT2D eigenvalue weighted by Gasteiger charge is 2.14. The van der Waals surface area contributed by atoms with Crippen LogP contribution in [-0.4, -0.2) is 32.7 Å². The zero-order valence-corrected chi connectivity index (χ0v) is 12.7. The summed E-state index contributed by atoms with van der Waals surface area (Å²) < 4.78 is 5.11. The molecule has 2 N–H and O–H groups in total. The van der Waals surface area contributed by atoms with Gasteiger partial charge in [0.1, 0.15) is 5.75 Å². The van der Waals surface area contributed by atoms with E-state index in [4.69, 9.17) is 4.74 Å². The van der Waals surface area contributed by atoms with Crippen LogP contribution in [0.2, 0.25) is 0 Å². The van der Waals surface area contributed by atoms with E-state index < -0.39 is 0 Å². The minimum Gasteiger partial charge on any atom is -0.497 e. The summed E-state index contributed by atoms with van der Waals surface area (Å²) in [5.41, 5.74) is 1.17. The van der Waals surface area contributed by atoms with E-state index in [1.807, 2.05) is 24.3 Å². The molecule has 1 aromatic rings. The first-order chi connectivity index (χ1) is 9.28. The number of carbonyl (C=O) groups excluding carboxylic acids is 1. The van der Waals surface area contributed by atoms with Crippen molar-refractivity contribution in [2.45, 2.75) is 19.3 Å². The Hall–Kier alpha value is -1.26. The Morgan fingerprint density at radius 1 is 1.40 bits per heavy atom. The number of carbonyl (C=O) groups is 1. The molecular formula is C15H23ClN2O2. The van der Waals surface area contributed by atoms with Gasteiger partial charge in [0.2, 0.25) is 5.91 Å². The zero-order valence-electron chi connectivity index (χ0n) is 11.9. The smallest absolute Gasteiger partial charge is 0.220 e. The van der Waals surface area contributed by atoms with Gasteiger partial charge >= 0.3 is 0 Å².